The quantitative estimate of drug-likeness (QED) is 0.417. The summed E-state index contributed by atoms with van der Waals surface area (Å²) in [5.41, 5.74) is 3.45. The zero-order chi connectivity index (χ0) is 22.8. The highest BCUT2D eigenvalue weighted by atomic mass is 19.1. The molecule has 0 aliphatic carbocycles. The van der Waals surface area contributed by atoms with Crippen LogP contribution in [-0.2, 0) is 22.5 Å². The van der Waals surface area contributed by atoms with Gasteiger partial charge in [0.2, 0.25) is 5.91 Å². The van der Waals surface area contributed by atoms with Gasteiger partial charge >= 0.3 is 0 Å². The van der Waals surface area contributed by atoms with Crippen molar-refractivity contribution in [3.63, 3.8) is 0 Å². The van der Waals surface area contributed by atoms with Crippen molar-refractivity contribution in [3.05, 3.63) is 65.4 Å². The molecule has 0 saturated carbocycles. The molecule has 1 saturated heterocycles. The standard InChI is InChI=1S/C23H22F2N6O2/c24-16-2-1-3-17(25)22(16)29-20(32)11-15-12-26-30-21(15)23-27-18-5-4-14(10-19(18)28-23)13-31-6-8-33-9-7-31/h1-5,10,12H,6-9,11,13H2,(H,26,30)(H,27,28)(H,29,32). The molecule has 0 radical (unpaired) electrons. The average molecular weight is 452 g/mol. The molecule has 1 aliphatic heterocycles. The molecule has 2 aromatic heterocycles. The number of rotatable bonds is 6. The van der Waals surface area contributed by atoms with Gasteiger partial charge in [-0.1, -0.05) is 12.1 Å². The number of carbonyl (C=O) groups excluding carboxylic acids is 1. The van der Waals surface area contributed by atoms with E-state index < -0.39 is 23.2 Å². The number of halogens is 2. The second-order valence-corrected chi connectivity index (χ2v) is 7.92. The third-order valence-corrected chi connectivity index (χ3v) is 5.59. The van der Waals surface area contributed by atoms with Gasteiger partial charge in [0, 0.05) is 25.2 Å². The van der Waals surface area contributed by atoms with Crippen LogP contribution < -0.4 is 5.32 Å². The summed E-state index contributed by atoms with van der Waals surface area (Å²) in [6, 6.07) is 9.47. The number of hydrogen-bond donors (Lipinski definition) is 3. The smallest absolute Gasteiger partial charge is 0.229 e. The van der Waals surface area contributed by atoms with Crippen LogP contribution in [0.3, 0.4) is 0 Å². The fourth-order valence-corrected chi connectivity index (χ4v) is 3.91. The molecule has 3 N–H and O–H groups in total. The predicted molar refractivity (Wildman–Crippen MR) is 118 cm³/mol. The Bertz CT molecular complexity index is 1280. The van der Waals surface area contributed by atoms with Gasteiger partial charge in [-0.3, -0.25) is 14.8 Å². The number of fused-ring (bicyclic) bond motifs is 1. The fourth-order valence-electron chi connectivity index (χ4n) is 3.91. The molecule has 5 rings (SSSR count). The first-order chi connectivity index (χ1) is 16.1. The van der Waals surface area contributed by atoms with Crippen LogP contribution in [0.4, 0.5) is 14.5 Å². The van der Waals surface area contributed by atoms with Crippen molar-refractivity contribution in [2.24, 2.45) is 0 Å². The van der Waals surface area contributed by atoms with E-state index in [2.05, 4.69) is 36.4 Å². The molecular weight excluding hydrogens is 430 g/mol. The number of carbonyl (C=O) groups is 1. The fraction of sp³-hybridized carbons (Fsp3) is 0.261. The molecule has 8 nitrogen and oxygen atoms in total. The molecule has 2 aromatic carbocycles. The molecule has 0 bridgehead atoms. The minimum atomic E-state index is -0.832. The normalized spacial score (nSPS) is 14.6. The Labute approximate surface area is 188 Å². The van der Waals surface area contributed by atoms with Crippen LogP contribution in [0.25, 0.3) is 22.6 Å². The van der Waals surface area contributed by atoms with Crippen LogP contribution in [0.1, 0.15) is 11.1 Å². The maximum absolute atomic E-state index is 13.8. The van der Waals surface area contributed by atoms with Crippen LogP contribution >= 0.6 is 0 Å². The van der Waals surface area contributed by atoms with Gasteiger partial charge in [0.15, 0.2) is 5.82 Å². The topological polar surface area (TPSA) is 98.9 Å². The van der Waals surface area contributed by atoms with Crippen molar-refractivity contribution in [1.82, 2.24) is 25.1 Å². The van der Waals surface area contributed by atoms with Gasteiger partial charge < -0.3 is 15.0 Å². The van der Waals surface area contributed by atoms with E-state index in [-0.39, 0.29) is 6.42 Å². The van der Waals surface area contributed by atoms with Crippen LogP contribution in [0, 0.1) is 11.6 Å². The van der Waals surface area contributed by atoms with Crippen molar-refractivity contribution < 1.29 is 18.3 Å². The van der Waals surface area contributed by atoms with E-state index in [1.54, 1.807) is 0 Å². The molecule has 1 amide bonds. The summed E-state index contributed by atoms with van der Waals surface area (Å²) >= 11 is 0. The number of aromatic nitrogens is 4. The Hall–Kier alpha value is -3.63. The summed E-state index contributed by atoms with van der Waals surface area (Å²) in [7, 11) is 0. The van der Waals surface area contributed by atoms with Gasteiger partial charge in [-0.25, -0.2) is 13.8 Å². The number of morpholine rings is 1. The van der Waals surface area contributed by atoms with Crippen LogP contribution in [0.15, 0.2) is 42.6 Å². The molecule has 10 heteroatoms. The van der Waals surface area contributed by atoms with E-state index in [0.717, 1.165) is 61.6 Å². The van der Waals surface area contributed by atoms with Crippen molar-refractivity contribution in [2.75, 3.05) is 31.6 Å². The average Bonchev–Trinajstić information content (AvgIpc) is 3.43. The number of H-pyrrole nitrogens is 2. The lowest BCUT2D eigenvalue weighted by Crippen LogP contribution is -2.35. The number of nitrogens with zero attached hydrogens (tertiary/aromatic N) is 3. The minimum Gasteiger partial charge on any atom is -0.379 e. The van der Waals surface area contributed by atoms with Gasteiger partial charge in [-0.15, -0.1) is 0 Å². The highest BCUT2D eigenvalue weighted by Crippen LogP contribution is 2.24. The van der Waals surface area contributed by atoms with Crippen molar-refractivity contribution in [1.29, 1.82) is 0 Å². The Morgan fingerprint density at radius 3 is 2.73 bits per heavy atom. The van der Waals surface area contributed by atoms with Crippen molar-refractivity contribution >= 4 is 22.6 Å². The van der Waals surface area contributed by atoms with Crippen LogP contribution in [-0.4, -0.2) is 57.3 Å². The largest absolute Gasteiger partial charge is 0.379 e. The summed E-state index contributed by atoms with van der Waals surface area (Å²) in [5.74, 6) is -1.70. The molecular formula is C23H22F2N6O2. The van der Waals surface area contributed by atoms with E-state index in [1.165, 1.54) is 12.3 Å². The summed E-state index contributed by atoms with van der Waals surface area (Å²) in [6.45, 7) is 4.13. The second kappa shape index (κ2) is 9.08. The first-order valence-electron chi connectivity index (χ1n) is 10.6. The summed E-state index contributed by atoms with van der Waals surface area (Å²) in [6.07, 6.45) is 1.38. The lowest BCUT2D eigenvalue weighted by atomic mass is 10.1. The number of benzene rings is 2. The summed E-state index contributed by atoms with van der Waals surface area (Å²) in [4.78, 5) is 22.7. The van der Waals surface area contributed by atoms with Gasteiger partial charge in [0.05, 0.1) is 36.9 Å². The lowest BCUT2D eigenvalue weighted by molar-refractivity contribution is -0.115. The number of ether oxygens (including phenoxy) is 1. The van der Waals surface area contributed by atoms with E-state index in [9.17, 15) is 13.6 Å². The number of aromatic amines is 2. The summed E-state index contributed by atoms with van der Waals surface area (Å²) < 4.78 is 33.1. The van der Waals surface area contributed by atoms with E-state index in [0.29, 0.717) is 17.1 Å². The Balaban J connectivity index is 1.33. The third-order valence-electron chi connectivity index (χ3n) is 5.59. The molecule has 1 fully saturated rings. The van der Waals surface area contributed by atoms with Gasteiger partial charge in [0.25, 0.3) is 0 Å². The molecule has 1 aliphatic rings. The van der Waals surface area contributed by atoms with Crippen LogP contribution in [0.5, 0.6) is 0 Å². The number of nitrogens with one attached hydrogen (secondary N) is 3. The SMILES string of the molecule is O=C(Cc1cn[nH]c1-c1nc2ccc(CN3CCOCC3)cc2[nH]1)Nc1c(F)cccc1F. The first kappa shape index (κ1) is 21.2. The number of amides is 1. The number of para-hydroxylation sites is 1. The Morgan fingerprint density at radius 1 is 1.15 bits per heavy atom. The summed E-state index contributed by atoms with van der Waals surface area (Å²) in [5, 5.41) is 9.18. The number of anilines is 1. The minimum absolute atomic E-state index is 0.126. The molecule has 3 heterocycles. The zero-order valence-corrected chi connectivity index (χ0v) is 17.7. The van der Waals surface area contributed by atoms with E-state index in [4.69, 9.17) is 4.74 Å². The van der Waals surface area contributed by atoms with Gasteiger partial charge in [-0.2, -0.15) is 5.10 Å². The monoisotopic (exact) mass is 452 g/mol. The highest BCUT2D eigenvalue weighted by molar-refractivity contribution is 5.93. The molecule has 0 spiro atoms. The van der Waals surface area contributed by atoms with Crippen LogP contribution in [0.2, 0.25) is 0 Å². The number of hydrogen-bond acceptors (Lipinski definition) is 5. The zero-order valence-electron chi connectivity index (χ0n) is 17.7. The van der Waals surface area contributed by atoms with Gasteiger partial charge in [-0.05, 0) is 29.8 Å². The molecule has 0 atom stereocenters. The van der Waals surface area contributed by atoms with Crippen molar-refractivity contribution in [3.8, 4) is 11.5 Å². The predicted octanol–water partition coefficient (Wildman–Crippen LogP) is 3.24. The van der Waals surface area contributed by atoms with Gasteiger partial charge in [0.1, 0.15) is 23.0 Å². The third kappa shape index (κ3) is 4.62. The van der Waals surface area contributed by atoms with E-state index in [1.807, 2.05) is 12.1 Å². The Morgan fingerprint density at radius 2 is 1.94 bits per heavy atom. The maximum atomic E-state index is 13.8. The molecule has 170 valence electrons. The molecule has 0 unspecified atom stereocenters. The molecule has 4 aromatic rings. The number of imidazole rings is 1. The molecule has 33 heavy (non-hydrogen) atoms. The van der Waals surface area contributed by atoms with E-state index >= 15 is 0 Å². The van der Waals surface area contributed by atoms with Crippen molar-refractivity contribution in [2.45, 2.75) is 13.0 Å². The lowest BCUT2D eigenvalue weighted by Gasteiger charge is -2.26. The Kier molecular flexibility index (Phi) is 5.84. The second-order valence-electron chi connectivity index (χ2n) is 7.92. The first-order valence-corrected chi connectivity index (χ1v) is 10.6. The highest BCUT2D eigenvalue weighted by Gasteiger charge is 2.18. The maximum Gasteiger partial charge on any atom is 0.229 e.